The summed E-state index contributed by atoms with van der Waals surface area (Å²) in [6.07, 6.45) is 1.69. The lowest BCUT2D eigenvalue weighted by Gasteiger charge is -2.25. The molecule has 5 heteroatoms. The summed E-state index contributed by atoms with van der Waals surface area (Å²) in [5, 5.41) is 6.45. The van der Waals surface area contributed by atoms with Crippen molar-refractivity contribution in [1.29, 1.82) is 0 Å². The Hall–Kier alpha value is -1.07. The van der Waals surface area contributed by atoms with Gasteiger partial charge in [-0.1, -0.05) is 41.4 Å². The number of alkyl carbamates (subject to hydrolysis) is 1. The largest absolute Gasteiger partial charge is 0.444 e. The number of nitrogens with one attached hydrogen (secondary N) is 2. The summed E-state index contributed by atoms with van der Waals surface area (Å²) in [4.78, 5) is 11.8. The summed E-state index contributed by atoms with van der Waals surface area (Å²) in [5.74, 6) is 0. The van der Waals surface area contributed by atoms with Crippen LogP contribution in [0.3, 0.4) is 0 Å². The van der Waals surface area contributed by atoms with Crippen LogP contribution in [0.5, 0.6) is 0 Å². The molecule has 0 aliphatic heterocycles. The zero-order valence-corrected chi connectivity index (χ0v) is 16.4. The molecule has 130 valence electrons. The molecule has 0 spiro atoms. The van der Waals surface area contributed by atoms with E-state index < -0.39 is 5.60 Å². The van der Waals surface area contributed by atoms with Gasteiger partial charge in [-0.25, -0.2) is 4.79 Å². The van der Waals surface area contributed by atoms with Crippen molar-refractivity contribution in [2.45, 2.75) is 65.1 Å². The Bertz CT molecular complexity index is 483. The van der Waals surface area contributed by atoms with E-state index in [9.17, 15) is 4.79 Å². The smallest absolute Gasteiger partial charge is 0.407 e. The van der Waals surface area contributed by atoms with E-state index in [4.69, 9.17) is 4.74 Å². The van der Waals surface area contributed by atoms with Crippen LogP contribution >= 0.6 is 15.9 Å². The quantitative estimate of drug-likeness (QED) is 0.709. The zero-order valence-electron chi connectivity index (χ0n) is 14.8. The molecule has 0 saturated carbocycles. The fraction of sp³-hybridized carbons (Fsp3) is 0.611. The van der Waals surface area contributed by atoms with Crippen molar-refractivity contribution in [2.75, 3.05) is 6.54 Å². The van der Waals surface area contributed by atoms with E-state index in [-0.39, 0.29) is 18.2 Å². The number of rotatable bonds is 7. The number of halogens is 1. The maximum absolute atomic E-state index is 11.8. The maximum atomic E-state index is 11.8. The lowest BCUT2D eigenvalue weighted by Crippen LogP contribution is -2.43. The number of ether oxygens (including phenoxy) is 1. The van der Waals surface area contributed by atoms with Gasteiger partial charge >= 0.3 is 6.09 Å². The molecule has 1 aromatic rings. The van der Waals surface area contributed by atoms with Gasteiger partial charge < -0.3 is 15.4 Å². The van der Waals surface area contributed by atoms with Gasteiger partial charge in [0, 0.05) is 23.1 Å². The molecule has 4 nitrogen and oxygen atoms in total. The van der Waals surface area contributed by atoms with Gasteiger partial charge in [-0.15, -0.1) is 0 Å². The summed E-state index contributed by atoms with van der Waals surface area (Å²) in [5.41, 5.74) is 0.759. The normalized spacial score (nSPS) is 14.2. The molecule has 23 heavy (non-hydrogen) atoms. The molecule has 1 rings (SSSR count). The predicted molar refractivity (Wildman–Crippen MR) is 98.6 cm³/mol. The fourth-order valence-corrected chi connectivity index (χ4v) is 2.58. The maximum Gasteiger partial charge on any atom is 0.407 e. The van der Waals surface area contributed by atoms with Crippen LogP contribution in [-0.2, 0) is 4.74 Å². The monoisotopic (exact) mass is 384 g/mol. The number of benzene rings is 1. The molecule has 0 bridgehead atoms. The number of carbonyl (C=O) groups is 1. The van der Waals surface area contributed by atoms with Crippen molar-refractivity contribution in [1.82, 2.24) is 10.6 Å². The van der Waals surface area contributed by atoms with E-state index in [1.54, 1.807) is 0 Å². The van der Waals surface area contributed by atoms with Gasteiger partial charge in [0.25, 0.3) is 0 Å². The minimum absolute atomic E-state index is 0.214. The Balaban J connectivity index is 2.54. The minimum Gasteiger partial charge on any atom is -0.444 e. The lowest BCUT2D eigenvalue weighted by molar-refractivity contribution is 0.0521. The Morgan fingerprint density at radius 2 is 1.87 bits per heavy atom. The molecular weight excluding hydrogens is 356 g/mol. The highest BCUT2D eigenvalue weighted by atomic mass is 79.9. The molecule has 2 atom stereocenters. The van der Waals surface area contributed by atoms with Crippen LogP contribution in [0, 0.1) is 0 Å². The van der Waals surface area contributed by atoms with Crippen molar-refractivity contribution in [3.05, 3.63) is 34.3 Å². The highest BCUT2D eigenvalue weighted by Gasteiger charge is 2.18. The first-order valence-electron chi connectivity index (χ1n) is 8.19. The Kier molecular flexibility index (Phi) is 8.06. The Morgan fingerprint density at radius 1 is 1.26 bits per heavy atom. The van der Waals surface area contributed by atoms with E-state index >= 15 is 0 Å². The van der Waals surface area contributed by atoms with Crippen LogP contribution in [-0.4, -0.2) is 24.3 Å². The van der Waals surface area contributed by atoms with Crippen LogP contribution in [0.15, 0.2) is 28.7 Å². The second-order valence-corrected chi connectivity index (χ2v) is 7.72. The topological polar surface area (TPSA) is 50.4 Å². The standard InChI is InChI=1S/C18H29BrN2O2/c1-6-7-16(12-20-17(22)23-18(3,4)5)21-13(2)14-8-10-15(19)11-9-14/h8-11,13,16,21H,6-7,12H2,1-5H3,(H,20,22). The van der Waals surface area contributed by atoms with Crippen LogP contribution in [0.25, 0.3) is 0 Å². The average molecular weight is 385 g/mol. The third kappa shape index (κ3) is 8.37. The van der Waals surface area contributed by atoms with Gasteiger partial charge in [-0.05, 0) is 51.8 Å². The fourth-order valence-electron chi connectivity index (χ4n) is 2.31. The summed E-state index contributed by atoms with van der Waals surface area (Å²) in [6, 6.07) is 8.73. The van der Waals surface area contributed by atoms with E-state index in [0.29, 0.717) is 6.54 Å². The Morgan fingerprint density at radius 3 is 2.39 bits per heavy atom. The van der Waals surface area contributed by atoms with Crippen molar-refractivity contribution >= 4 is 22.0 Å². The molecule has 0 saturated heterocycles. The number of amides is 1. The van der Waals surface area contributed by atoms with Crippen molar-refractivity contribution in [3.8, 4) is 0 Å². The highest BCUT2D eigenvalue weighted by molar-refractivity contribution is 9.10. The molecule has 0 radical (unpaired) electrons. The highest BCUT2D eigenvalue weighted by Crippen LogP contribution is 2.17. The predicted octanol–water partition coefficient (Wildman–Crippen LogP) is 4.79. The van der Waals surface area contributed by atoms with Crippen LogP contribution < -0.4 is 10.6 Å². The Labute approximate surface area is 148 Å². The number of carbonyl (C=O) groups excluding carboxylic acids is 1. The summed E-state index contributed by atoms with van der Waals surface area (Å²) in [7, 11) is 0. The van der Waals surface area contributed by atoms with Crippen molar-refractivity contribution in [2.24, 2.45) is 0 Å². The molecule has 0 fully saturated rings. The molecule has 0 aliphatic rings. The summed E-state index contributed by atoms with van der Waals surface area (Å²) in [6.45, 7) is 10.4. The summed E-state index contributed by atoms with van der Waals surface area (Å²) < 4.78 is 6.36. The molecule has 1 aromatic carbocycles. The molecule has 2 N–H and O–H groups in total. The van der Waals surface area contributed by atoms with Gasteiger partial charge in [0.15, 0.2) is 0 Å². The van der Waals surface area contributed by atoms with Gasteiger partial charge in [-0.3, -0.25) is 0 Å². The third-order valence-electron chi connectivity index (χ3n) is 3.38. The molecule has 1 amide bonds. The van der Waals surface area contributed by atoms with Crippen LogP contribution in [0.1, 0.15) is 59.1 Å². The SMILES string of the molecule is CCCC(CNC(=O)OC(C)(C)C)NC(C)c1ccc(Br)cc1. The second-order valence-electron chi connectivity index (χ2n) is 6.81. The molecule has 0 aromatic heterocycles. The van der Waals surface area contributed by atoms with E-state index in [1.807, 2.05) is 32.9 Å². The van der Waals surface area contributed by atoms with Crippen molar-refractivity contribution in [3.63, 3.8) is 0 Å². The minimum atomic E-state index is -0.470. The molecular formula is C18H29BrN2O2. The van der Waals surface area contributed by atoms with Gasteiger partial charge in [0.05, 0.1) is 0 Å². The van der Waals surface area contributed by atoms with Gasteiger partial charge in [0.1, 0.15) is 5.60 Å². The zero-order chi connectivity index (χ0) is 17.5. The molecule has 0 aliphatic carbocycles. The first kappa shape index (κ1) is 20.0. The second kappa shape index (κ2) is 9.28. The molecule has 0 heterocycles. The first-order chi connectivity index (χ1) is 10.7. The number of hydrogen-bond acceptors (Lipinski definition) is 3. The average Bonchev–Trinajstić information content (AvgIpc) is 2.44. The van der Waals surface area contributed by atoms with Crippen LogP contribution in [0.4, 0.5) is 4.79 Å². The molecule has 2 unspecified atom stereocenters. The summed E-state index contributed by atoms with van der Waals surface area (Å²) >= 11 is 3.45. The van der Waals surface area contributed by atoms with E-state index in [1.165, 1.54) is 5.56 Å². The van der Waals surface area contributed by atoms with Gasteiger partial charge in [-0.2, -0.15) is 0 Å². The van der Waals surface area contributed by atoms with E-state index in [0.717, 1.165) is 17.3 Å². The van der Waals surface area contributed by atoms with Crippen molar-refractivity contribution < 1.29 is 9.53 Å². The third-order valence-corrected chi connectivity index (χ3v) is 3.91. The van der Waals surface area contributed by atoms with E-state index in [2.05, 4.69) is 52.5 Å². The van der Waals surface area contributed by atoms with Crippen LogP contribution in [0.2, 0.25) is 0 Å². The first-order valence-corrected chi connectivity index (χ1v) is 8.99. The lowest BCUT2D eigenvalue weighted by atomic mass is 10.1. The van der Waals surface area contributed by atoms with Gasteiger partial charge in [0.2, 0.25) is 0 Å². The number of hydrogen-bond donors (Lipinski definition) is 2.